The maximum Gasteiger partial charge on any atom is 0.272 e. The SMILES string of the molecule is C[C@H](c1cccnc1)N(C(=O)c1ccnn1C1CCCC1)C1CC1. The van der Waals surface area contributed by atoms with E-state index in [1.165, 1.54) is 12.8 Å². The number of hydrogen-bond acceptors (Lipinski definition) is 3. The molecule has 0 saturated heterocycles. The van der Waals surface area contributed by atoms with E-state index < -0.39 is 0 Å². The second kappa shape index (κ2) is 6.38. The number of carbonyl (C=O) groups excluding carboxylic acids is 1. The summed E-state index contributed by atoms with van der Waals surface area (Å²) < 4.78 is 1.97. The summed E-state index contributed by atoms with van der Waals surface area (Å²) in [6.07, 6.45) is 12.3. The van der Waals surface area contributed by atoms with E-state index in [0.717, 1.165) is 36.9 Å². The largest absolute Gasteiger partial charge is 0.328 e. The quantitative estimate of drug-likeness (QED) is 0.841. The Balaban J connectivity index is 1.62. The summed E-state index contributed by atoms with van der Waals surface area (Å²) in [5.41, 5.74) is 1.83. The van der Waals surface area contributed by atoms with Crippen LogP contribution in [0.2, 0.25) is 0 Å². The van der Waals surface area contributed by atoms with Crippen molar-refractivity contribution in [3.05, 3.63) is 48.0 Å². The van der Waals surface area contributed by atoms with Crippen molar-refractivity contribution in [1.82, 2.24) is 19.7 Å². The molecule has 2 aliphatic rings. The van der Waals surface area contributed by atoms with Crippen molar-refractivity contribution < 1.29 is 4.79 Å². The Bertz CT molecular complexity index is 701. The van der Waals surface area contributed by atoms with Crippen LogP contribution in [0.15, 0.2) is 36.8 Å². The molecule has 0 radical (unpaired) electrons. The van der Waals surface area contributed by atoms with Gasteiger partial charge in [0.1, 0.15) is 5.69 Å². The third-order valence-electron chi connectivity index (χ3n) is 5.32. The Kier molecular flexibility index (Phi) is 4.08. The zero-order chi connectivity index (χ0) is 16.5. The molecular weight excluding hydrogens is 300 g/mol. The van der Waals surface area contributed by atoms with E-state index in [-0.39, 0.29) is 11.9 Å². The van der Waals surface area contributed by atoms with Crippen LogP contribution in [0.5, 0.6) is 0 Å². The van der Waals surface area contributed by atoms with Crippen molar-refractivity contribution in [2.45, 2.75) is 63.6 Å². The Morgan fingerprint density at radius 1 is 1.21 bits per heavy atom. The molecule has 0 spiro atoms. The van der Waals surface area contributed by atoms with E-state index in [0.29, 0.717) is 12.1 Å². The molecule has 5 nitrogen and oxygen atoms in total. The van der Waals surface area contributed by atoms with E-state index in [9.17, 15) is 4.79 Å². The molecule has 126 valence electrons. The van der Waals surface area contributed by atoms with Gasteiger partial charge in [0.2, 0.25) is 0 Å². The van der Waals surface area contributed by atoms with Gasteiger partial charge in [0.25, 0.3) is 5.91 Å². The maximum atomic E-state index is 13.3. The molecule has 2 saturated carbocycles. The highest BCUT2D eigenvalue weighted by molar-refractivity contribution is 5.93. The molecule has 0 aromatic carbocycles. The van der Waals surface area contributed by atoms with Gasteiger partial charge in [0, 0.05) is 24.6 Å². The van der Waals surface area contributed by atoms with Gasteiger partial charge >= 0.3 is 0 Å². The molecule has 2 aromatic heterocycles. The van der Waals surface area contributed by atoms with Gasteiger partial charge in [-0.25, -0.2) is 0 Å². The minimum Gasteiger partial charge on any atom is -0.328 e. The van der Waals surface area contributed by atoms with Crippen LogP contribution < -0.4 is 0 Å². The number of nitrogens with zero attached hydrogens (tertiary/aromatic N) is 4. The summed E-state index contributed by atoms with van der Waals surface area (Å²) in [4.78, 5) is 19.6. The standard InChI is InChI=1S/C19H24N4O/c1-14(15-5-4-11-20-13-15)22(16-8-9-16)19(24)18-10-12-21-23(18)17-6-2-3-7-17/h4-5,10-14,16-17H,2-3,6-9H2,1H3/t14-/m1/s1. The average Bonchev–Trinajstić information content (AvgIpc) is 3.11. The zero-order valence-electron chi connectivity index (χ0n) is 14.1. The van der Waals surface area contributed by atoms with Crippen LogP contribution in [-0.2, 0) is 0 Å². The predicted molar refractivity (Wildman–Crippen MR) is 91.6 cm³/mol. The minimum atomic E-state index is 0.0330. The Hall–Kier alpha value is -2.17. The molecule has 2 aliphatic carbocycles. The fourth-order valence-corrected chi connectivity index (χ4v) is 3.85. The van der Waals surface area contributed by atoms with E-state index in [4.69, 9.17) is 0 Å². The van der Waals surface area contributed by atoms with Crippen LogP contribution in [0.4, 0.5) is 0 Å². The lowest BCUT2D eigenvalue weighted by atomic mass is 10.1. The molecule has 2 fully saturated rings. The fraction of sp³-hybridized carbons (Fsp3) is 0.526. The molecular formula is C19H24N4O. The van der Waals surface area contributed by atoms with Gasteiger partial charge in [-0.05, 0) is 50.3 Å². The summed E-state index contributed by atoms with van der Waals surface area (Å²) in [5, 5.41) is 4.47. The molecule has 2 aromatic rings. The molecule has 1 amide bonds. The van der Waals surface area contributed by atoms with Crippen molar-refractivity contribution in [3.8, 4) is 0 Å². The van der Waals surface area contributed by atoms with Crippen molar-refractivity contribution >= 4 is 5.91 Å². The highest BCUT2D eigenvalue weighted by atomic mass is 16.2. The van der Waals surface area contributed by atoms with Gasteiger partial charge < -0.3 is 4.90 Å². The molecule has 0 unspecified atom stereocenters. The Morgan fingerprint density at radius 2 is 2.00 bits per heavy atom. The highest BCUT2D eigenvalue weighted by Gasteiger charge is 2.38. The summed E-state index contributed by atoms with van der Waals surface area (Å²) in [7, 11) is 0. The summed E-state index contributed by atoms with van der Waals surface area (Å²) in [5.74, 6) is 0.109. The first-order chi connectivity index (χ1) is 11.8. The van der Waals surface area contributed by atoms with E-state index in [2.05, 4.69) is 23.1 Å². The maximum absolute atomic E-state index is 13.3. The first kappa shape index (κ1) is 15.4. The first-order valence-electron chi connectivity index (χ1n) is 9.02. The van der Waals surface area contributed by atoms with Crippen LogP contribution in [0.1, 0.15) is 73.6 Å². The van der Waals surface area contributed by atoms with Gasteiger partial charge in [-0.1, -0.05) is 18.9 Å². The normalized spacial score (nSPS) is 19.4. The lowest BCUT2D eigenvalue weighted by molar-refractivity contribution is 0.0657. The van der Waals surface area contributed by atoms with Crippen LogP contribution in [0.25, 0.3) is 0 Å². The van der Waals surface area contributed by atoms with Crippen LogP contribution in [0.3, 0.4) is 0 Å². The number of hydrogen-bond donors (Lipinski definition) is 0. The average molecular weight is 324 g/mol. The molecule has 0 aliphatic heterocycles. The number of carbonyl (C=O) groups is 1. The molecule has 5 heteroatoms. The van der Waals surface area contributed by atoms with Crippen molar-refractivity contribution in [2.24, 2.45) is 0 Å². The second-order valence-corrected chi connectivity index (χ2v) is 7.01. The summed E-state index contributed by atoms with van der Waals surface area (Å²) >= 11 is 0. The van der Waals surface area contributed by atoms with Gasteiger partial charge in [0.15, 0.2) is 0 Å². The Morgan fingerprint density at radius 3 is 2.67 bits per heavy atom. The highest BCUT2D eigenvalue weighted by Crippen LogP contribution is 2.36. The van der Waals surface area contributed by atoms with E-state index >= 15 is 0 Å². The molecule has 24 heavy (non-hydrogen) atoms. The Labute approximate surface area is 142 Å². The van der Waals surface area contributed by atoms with Crippen LogP contribution in [-0.4, -0.2) is 31.6 Å². The summed E-state index contributed by atoms with van der Waals surface area (Å²) in [6, 6.07) is 6.63. The van der Waals surface area contributed by atoms with Crippen molar-refractivity contribution in [1.29, 1.82) is 0 Å². The van der Waals surface area contributed by atoms with Crippen molar-refractivity contribution in [3.63, 3.8) is 0 Å². The third kappa shape index (κ3) is 2.83. The number of pyridine rings is 1. The topological polar surface area (TPSA) is 51.0 Å². The first-order valence-corrected chi connectivity index (χ1v) is 9.02. The van der Waals surface area contributed by atoms with Crippen molar-refractivity contribution in [2.75, 3.05) is 0 Å². The van der Waals surface area contributed by atoms with Gasteiger partial charge in [0.05, 0.1) is 12.1 Å². The number of rotatable bonds is 5. The molecule has 0 bridgehead atoms. The van der Waals surface area contributed by atoms with Crippen LogP contribution in [0, 0.1) is 0 Å². The van der Waals surface area contributed by atoms with E-state index in [1.807, 2.05) is 27.9 Å². The number of aromatic nitrogens is 3. The minimum absolute atomic E-state index is 0.0330. The molecule has 0 N–H and O–H groups in total. The van der Waals surface area contributed by atoms with Gasteiger partial charge in [-0.2, -0.15) is 5.10 Å². The lowest BCUT2D eigenvalue weighted by Gasteiger charge is -2.30. The van der Waals surface area contributed by atoms with Crippen LogP contribution >= 0.6 is 0 Å². The number of amides is 1. The predicted octanol–water partition coefficient (Wildman–Crippen LogP) is 3.76. The summed E-state index contributed by atoms with van der Waals surface area (Å²) in [6.45, 7) is 2.10. The van der Waals surface area contributed by atoms with Gasteiger partial charge in [-0.15, -0.1) is 0 Å². The smallest absolute Gasteiger partial charge is 0.272 e. The fourth-order valence-electron chi connectivity index (χ4n) is 3.85. The lowest BCUT2D eigenvalue weighted by Crippen LogP contribution is -2.37. The second-order valence-electron chi connectivity index (χ2n) is 7.01. The monoisotopic (exact) mass is 324 g/mol. The molecule has 1 atom stereocenters. The zero-order valence-corrected chi connectivity index (χ0v) is 14.1. The molecule has 4 rings (SSSR count). The molecule has 2 heterocycles. The third-order valence-corrected chi connectivity index (χ3v) is 5.32. The van der Waals surface area contributed by atoms with E-state index in [1.54, 1.807) is 12.4 Å². The van der Waals surface area contributed by atoms with Gasteiger partial charge in [-0.3, -0.25) is 14.5 Å².